The van der Waals surface area contributed by atoms with Crippen molar-refractivity contribution in [1.82, 2.24) is 4.98 Å². The second-order valence-corrected chi connectivity index (χ2v) is 4.43. The molecule has 3 heteroatoms. The molecule has 0 atom stereocenters. The lowest BCUT2D eigenvalue weighted by atomic mass is 10.1. The molecule has 0 unspecified atom stereocenters. The fraction of sp³-hybridized carbons (Fsp3) is 0.545. The lowest BCUT2D eigenvalue weighted by Crippen LogP contribution is -2.00. The second-order valence-electron chi connectivity index (χ2n) is 4.03. The molecule has 1 heterocycles. The Morgan fingerprint density at radius 2 is 2.21 bits per heavy atom. The van der Waals surface area contributed by atoms with Gasteiger partial charge in [0.2, 0.25) is 5.88 Å². The van der Waals surface area contributed by atoms with Crippen molar-refractivity contribution in [3.05, 3.63) is 22.8 Å². The van der Waals surface area contributed by atoms with Crippen molar-refractivity contribution in [3.63, 3.8) is 0 Å². The Labute approximate surface area is 89.3 Å². The normalized spacial score (nSPS) is 16.0. The van der Waals surface area contributed by atoms with E-state index in [1.54, 1.807) is 0 Å². The summed E-state index contributed by atoms with van der Waals surface area (Å²) in [7, 11) is 0. The van der Waals surface area contributed by atoms with E-state index in [0.717, 1.165) is 18.4 Å². The third-order valence-corrected chi connectivity index (χ3v) is 2.57. The van der Waals surface area contributed by atoms with E-state index in [-0.39, 0.29) is 0 Å². The molecule has 1 aromatic rings. The number of halogens is 1. The summed E-state index contributed by atoms with van der Waals surface area (Å²) in [5, 5.41) is 0.628. The molecule has 0 aromatic carbocycles. The summed E-state index contributed by atoms with van der Waals surface area (Å²) >= 11 is 6.06. The van der Waals surface area contributed by atoms with Gasteiger partial charge in [-0.2, -0.15) is 0 Å². The first-order valence-electron chi connectivity index (χ1n) is 4.99. The van der Waals surface area contributed by atoms with E-state index >= 15 is 0 Å². The van der Waals surface area contributed by atoms with Gasteiger partial charge < -0.3 is 4.74 Å². The minimum absolute atomic E-state index is 0.352. The minimum Gasteiger partial charge on any atom is -0.473 e. The molecule has 0 aliphatic heterocycles. The molecule has 0 bridgehead atoms. The van der Waals surface area contributed by atoms with Crippen molar-refractivity contribution in [2.45, 2.75) is 38.7 Å². The quantitative estimate of drug-likeness (QED) is 0.765. The zero-order chi connectivity index (χ0) is 10.1. The topological polar surface area (TPSA) is 22.1 Å². The van der Waals surface area contributed by atoms with Crippen LogP contribution in [0.15, 0.2) is 12.3 Å². The van der Waals surface area contributed by atoms with Crippen LogP contribution in [-0.4, -0.2) is 11.1 Å². The van der Waals surface area contributed by atoms with Gasteiger partial charge >= 0.3 is 0 Å². The SMILES string of the molecule is CC(C)c1cnc(OC2CC2)c(Cl)c1. The van der Waals surface area contributed by atoms with Gasteiger partial charge in [0.05, 0.1) is 0 Å². The first kappa shape index (κ1) is 9.78. The summed E-state index contributed by atoms with van der Waals surface area (Å²) in [6.07, 6.45) is 4.45. The van der Waals surface area contributed by atoms with Crippen LogP contribution in [0.1, 0.15) is 38.2 Å². The highest BCUT2D eigenvalue weighted by Gasteiger charge is 2.25. The molecular formula is C11H14ClNO. The van der Waals surface area contributed by atoms with Crippen LogP contribution in [0.25, 0.3) is 0 Å². The van der Waals surface area contributed by atoms with Gasteiger partial charge in [-0.3, -0.25) is 0 Å². The summed E-state index contributed by atoms with van der Waals surface area (Å²) < 4.78 is 5.55. The molecule has 0 spiro atoms. The highest BCUT2D eigenvalue weighted by atomic mass is 35.5. The van der Waals surface area contributed by atoms with Gasteiger partial charge in [-0.15, -0.1) is 0 Å². The summed E-state index contributed by atoms with van der Waals surface area (Å²) in [5.74, 6) is 1.04. The van der Waals surface area contributed by atoms with Crippen LogP contribution in [0.2, 0.25) is 5.02 Å². The van der Waals surface area contributed by atoms with Crippen LogP contribution in [0, 0.1) is 0 Å². The molecule has 14 heavy (non-hydrogen) atoms. The van der Waals surface area contributed by atoms with Gasteiger partial charge in [0.25, 0.3) is 0 Å². The van der Waals surface area contributed by atoms with Crippen molar-refractivity contribution in [1.29, 1.82) is 0 Å². The van der Waals surface area contributed by atoms with Crippen LogP contribution in [0.3, 0.4) is 0 Å². The monoisotopic (exact) mass is 211 g/mol. The molecule has 2 nitrogen and oxygen atoms in total. The third-order valence-electron chi connectivity index (χ3n) is 2.30. The Kier molecular flexibility index (Phi) is 2.64. The molecule has 0 radical (unpaired) electrons. The first-order chi connectivity index (χ1) is 6.66. The molecule has 0 amide bonds. The van der Waals surface area contributed by atoms with Crippen LogP contribution < -0.4 is 4.74 Å². The molecule has 2 rings (SSSR count). The third kappa shape index (κ3) is 2.18. The van der Waals surface area contributed by atoms with Crippen LogP contribution in [0.4, 0.5) is 0 Å². The Morgan fingerprint density at radius 1 is 1.50 bits per heavy atom. The van der Waals surface area contributed by atoms with Gasteiger partial charge in [0.15, 0.2) is 0 Å². The maximum atomic E-state index is 6.06. The van der Waals surface area contributed by atoms with E-state index in [4.69, 9.17) is 16.3 Å². The molecule has 1 aliphatic rings. The van der Waals surface area contributed by atoms with Gasteiger partial charge in [-0.05, 0) is 30.4 Å². The van der Waals surface area contributed by atoms with Crippen LogP contribution in [-0.2, 0) is 0 Å². The zero-order valence-electron chi connectivity index (χ0n) is 8.46. The number of nitrogens with zero attached hydrogens (tertiary/aromatic N) is 1. The van der Waals surface area contributed by atoms with E-state index < -0.39 is 0 Å². The van der Waals surface area contributed by atoms with Crippen molar-refractivity contribution < 1.29 is 4.74 Å². The Bertz CT molecular complexity index is 334. The molecule has 1 fully saturated rings. The number of hydrogen-bond donors (Lipinski definition) is 0. The van der Waals surface area contributed by atoms with E-state index in [9.17, 15) is 0 Å². The minimum atomic E-state index is 0.352. The standard InChI is InChI=1S/C11H14ClNO/c1-7(2)8-5-10(12)11(13-6-8)14-9-3-4-9/h5-7,9H,3-4H2,1-2H3. The largest absolute Gasteiger partial charge is 0.473 e. The van der Waals surface area contributed by atoms with Crippen molar-refractivity contribution in [2.75, 3.05) is 0 Å². The highest BCUT2D eigenvalue weighted by Crippen LogP contribution is 2.31. The number of pyridine rings is 1. The van der Waals surface area contributed by atoms with Crippen molar-refractivity contribution >= 4 is 11.6 Å². The van der Waals surface area contributed by atoms with Crippen LogP contribution >= 0.6 is 11.6 Å². The molecule has 76 valence electrons. The summed E-state index contributed by atoms with van der Waals surface area (Å²) in [6, 6.07) is 1.94. The highest BCUT2D eigenvalue weighted by molar-refractivity contribution is 6.31. The maximum absolute atomic E-state index is 6.06. The molecule has 1 aromatic heterocycles. The van der Waals surface area contributed by atoms with E-state index in [0.29, 0.717) is 22.9 Å². The summed E-state index contributed by atoms with van der Waals surface area (Å²) in [6.45, 7) is 4.24. The number of rotatable bonds is 3. The second kappa shape index (κ2) is 3.77. The molecule has 1 aliphatic carbocycles. The van der Waals surface area contributed by atoms with Gasteiger partial charge in [0, 0.05) is 6.20 Å². The van der Waals surface area contributed by atoms with Crippen molar-refractivity contribution in [3.8, 4) is 5.88 Å². The first-order valence-corrected chi connectivity index (χ1v) is 5.36. The molecule has 0 N–H and O–H groups in total. The zero-order valence-corrected chi connectivity index (χ0v) is 9.21. The Hall–Kier alpha value is -0.760. The number of aromatic nitrogens is 1. The van der Waals surface area contributed by atoms with E-state index in [1.807, 2.05) is 12.3 Å². The summed E-state index contributed by atoms with van der Waals surface area (Å²) in [5.41, 5.74) is 1.15. The Morgan fingerprint density at radius 3 is 2.71 bits per heavy atom. The average Bonchev–Trinajstić information content (AvgIpc) is 2.92. The number of ether oxygens (including phenoxy) is 1. The lowest BCUT2D eigenvalue weighted by Gasteiger charge is -2.09. The average molecular weight is 212 g/mol. The lowest BCUT2D eigenvalue weighted by molar-refractivity contribution is 0.291. The van der Waals surface area contributed by atoms with Crippen molar-refractivity contribution in [2.24, 2.45) is 0 Å². The summed E-state index contributed by atoms with van der Waals surface area (Å²) in [4.78, 5) is 4.23. The van der Waals surface area contributed by atoms with Gasteiger partial charge in [-0.1, -0.05) is 25.4 Å². The smallest absolute Gasteiger partial charge is 0.232 e. The van der Waals surface area contributed by atoms with Gasteiger partial charge in [0.1, 0.15) is 11.1 Å². The van der Waals surface area contributed by atoms with E-state index in [1.165, 1.54) is 0 Å². The molecular weight excluding hydrogens is 198 g/mol. The predicted octanol–water partition coefficient (Wildman–Crippen LogP) is 3.40. The fourth-order valence-corrected chi connectivity index (χ4v) is 1.41. The number of hydrogen-bond acceptors (Lipinski definition) is 2. The molecule has 1 saturated carbocycles. The van der Waals surface area contributed by atoms with E-state index in [2.05, 4.69) is 18.8 Å². The van der Waals surface area contributed by atoms with Gasteiger partial charge in [-0.25, -0.2) is 4.98 Å². The maximum Gasteiger partial charge on any atom is 0.232 e. The van der Waals surface area contributed by atoms with Crippen LogP contribution in [0.5, 0.6) is 5.88 Å². The molecule has 0 saturated heterocycles. The Balaban J connectivity index is 2.17. The predicted molar refractivity (Wildman–Crippen MR) is 57.0 cm³/mol. The fourth-order valence-electron chi connectivity index (χ4n) is 1.19.